The number of nitrogens with zero attached hydrogens (tertiary/aromatic N) is 1. The van der Waals surface area contributed by atoms with Gasteiger partial charge in [0.05, 0.1) is 0 Å². The molecule has 0 radical (unpaired) electrons. The van der Waals surface area contributed by atoms with Crippen LogP contribution in [0.25, 0.3) is 0 Å². The zero-order valence-corrected chi connectivity index (χ0v) is 27.5. The number of pyridine rings is 1. The van der Waals surface area contributed by atoms with Crippen molar-refractivity contribution in [3.05, 3.63) is 161 Å². The Morgan fingerprint density at radius 1 is 0.976 bits per heavy atom. The van der Waals surface area contributed by atoms with E-state index in [0.717, 1.165) is 30.5 Å². The van der Waals surface area contributed by atoms with Crippen molar-refractivity contribution in [2.24, 2.45) is 11.8 Å². The fourth-order valence-corrected chi connectivity index (χ4v) is 5.81. The van der Waals surface area contributed by atoms with Crippen LogP contribution in [0.5, 0.6) is 0 Å². The van der Waals surface area contributed by atoms with Crippen LogP contribution >= 0.6 is 0 Å². The largest absolute Gasteiger partial charge is 0.261 e. The first-order valence-electron chi connectivity index (χ1n) is 15.3. The van der Waals surface area contributed by atoms with Crippen LogP contribution in [0, 0.1) is 11.8 Å². The molecule has 1 aromatic rings. The van der Waals surface area contributed by atoms with Crippen molar-refractivity contribution in [1.82, 2.24) is 4.98 Å². The molecule has 0 N–H and O–H groups in total. The number of allylic oxidation sites excluding steroid dienone is 19. The second-order valence-electron chi connectivity index (χ2n) is 11.7. The molecule has 0 saturated carbocycles. The van der Waals surface area contributed by atoms with Gasteiger partial charge in [0.2, 0.25) is 0 Å². The third kappa shape index (κ3) is 9.69. The fraction of sp³-hybridized carbons (Fsp3) is 0.341. The monoisotopic (exact) mass is 559 g/mol. The molecule has 0 bridgehead atoms. The molecule has 222 valence electrons. The lowest BCUT2D eigenvalue weighted by Gasteiger charge is -2.31. The summed E-state index contributed by atoms with van der Waals surface area (Å²) in [5.74, 6) is 0.918. The van der Waals surface area contributed by atoms with Crippen molar-refractivity contribution in [1.29, 1.82) is 0 Å². The molecule has 1 aliphatic carbocycles. The molecule has 0 saturated heterocycles. The molecule has 3 atom stereocenters. The zero-order chi connectivity index (χ0) is 31.2. The first-order chi connectivity index (χ1) is 20.0. The normalized spacial score (nSPS) is 18.0. The Kier molecular flexibility index (Phi) is 14.2. The highest BCUT2D eigenvalue weighted by Gasteiger charge is 2.26. The summed E-state index contributed by atoms with van der Waals surface area (Å²) in [6, 6.07) is 6.23. The van der Waals surface area contributed by atoms with Gasteiger partial charge in [-0.3, -0.25) is 4.98 Å². The lowest BCUT2D eigenvalue weighted by atomic mass is 9.74. The average Bonchev–Trinajstić information content (AvgIpc) is 2.98. The first-order valence-corrected chi connectivity index (χ1v) is 15.3. The van der Waals surface area contributed by atoms with Crippen molar-refractivity contribution in [3.63, 3.8) is 0 Å². The van der Waals surface area contributed by atoms with Gasteiger partial charge in [-0.05, 0) is 132 Å². The summed E-state index contributed by atoms with van der Waals surface area (Å²) in [4.78, 5) is 4.77. The van der Waals surface area contributed by atoms with Crippen LogP contribution in [0.2, 0.25) is 0 Å². The zero-order valence-electron chi connectivity index (χ0n) is 27.5. The molecule has 0 spiro atoms. The summed E-state index contributed by atoms with van der Waals surface area (Å²) in [5, 5.41) is 0. The standard InChI is InChI=1S/C41H53N/c1-12-15-16-19-32(9)38(40-20-17-18-27-42-40)25-26-39(37-23-21-36(22-24-37)29(4)5)34(11)33(10)28-35(14-3)41(30(6)7)31(8)13-2/h12-23,27-28,37-39H,1,4,11,24-26H2,2-3,5-10H3/b16-15-,31-13-,32-19+,33-28-,35-14+. The molecule has 0 aromatic carbocycles. The van der Waals surface area contributed by atoms with E-state index in [1.54, 1.807) is 0 Å². The van der Waals surface area contributed by atoms with Crippen molar-refractivity contribution < 1.29 is 0 Å². The Morgan fingerprint density at radius 3 is 2.24 bits per heavy atom. The molecule has 1 heterocycles. The van der Waals surface area contributed by atoms with Gasteiger partial charge in [-0.25, -0.2) is 0 Å². The summed E-state index contributed by atoms with van der Waals surface area (Å²) in [7, 11) is 0. The summed E-state index contributed by atoms with van der Waals surface area (Å²) >= 11 is 0. The third-order valence-electron chi connectivity index (χ3n) is 8.36. The summed E-state index contributed by atoms with van der Waals surface area (Å²) in [5.41, 5.74) is 12.4. The minimum Gasteiger partial charge on any atom is -0.261 e. The van der Waals surface area contributed by atoms with E-state index < -0.39 is 0 Å². The molecular formula is C41H53N. The van der Waals surface area contributed by atoms with Crippen LogP contribution in [-0.4, -0.2) is 4.98 Å². The number of rotatable bonds is 14. The van der Waals surface area contributed by atoms with E-state index in [1.165, 1.54) is 44.6 Å². The van der Waals surface area contributed by atoms with Gasteiger partial charge in [-0.15, -0.1) is 0 Å². The Balaban J connectivity index is 2.51. The first kappa shape index (κ1) is 34.5. The van der Waals surface area contributed by atoms with E-state index in [9.17, 15) is 0 Å². The molecule has 0 fully saturated rings. The van der Waals surface area contributed by atoms with E-state index in [2.05, 4.69) is 129 Å². The van der Waals surface area contributed by atoms with Gasteiger partial charge in [0.25, 0.3) is 0 Å². The SMILES string of the molecule is C=C/C=C\C=C(/C)C(CCC(C(=C)/C(C)=C\C(=C/C)C(=C(C)C)/C(C)=C\C)C1C=CC(C(=C)C)=CC1)c1ccccn1. The van der Waals surface area contributed by atoms with Crippen LogP contribution in [0.1, 0.15) is 86.3 Å². The third-order valence-corrected chi connectivity index (χ3v) is 8.36. The van der Waals surface area contributed by atoms with Crippen LogP contribution in [0.3, 0.4) is 0 Å². The Bertz CT molecular complexity index is 1360. The van der Waals surface area contributed by atoms with Crippen molar-refractivity contribution in [3.8, 4) is 0 Å². The Hall–Kier alpha value is -3.71. The van der Waals surface area contributed by atoms with Gasteiger partial charge in [0.15, 0.2) is 0 Å². The molecule has 0 amide bonds. The molecule has 2 rings (SSSR count). The summed E-state index contributed by atoms with van der Waals surface area (Å²) in [6.45, 7) is 30.1. The molecular weight excluding hydrogens is 506 g/mol. The maximum Gasteiger partial charge on any atom is 0.0474 e. The van der Waals surface area contributed by atoms with Gasteiger partial charge < -0.3 is 0 Å². The average molecular weight is 560 g/mol. The number of hydrogen-bond acceptors (Lipinski definition) is 1. The van der Waals surface area contributed by atoms with Gasteiger partial charge in [-0.2, -0.15) is 0 Å². The molecule has 0 aliphatic heterocycles. The highest BCUT2D eigenvalue weighted by Crippen LogP contribution is 2.39. The number of aromatic nitrogens is 1. The molecule has 1 aliphatic rings. The lowest BCUT2D eigenvalue weighted by molar-refractivity contribution is 0.405. The minimum atomic E-state index is 0.232. The van der Waals surface area contributed by atoms with Crippen molar-refractivity contribution in [2.45, 2.75) is 80.6 Å². The lowest BCUT2D eigenvalue weighted by Crippen LogP contribution is -2.19. The maximum atomic E-state index is 4.77. The molecule has 1 heteroatoms. The molecule has 1 aromatic heterocycles. The van der Waals surface area contributed by atoms with Gasteiger partial charge >= 0.3 is 0 Å². The Labute approximate surface area is 257 Å². The molecule has 42 heavy (non-hydrogen) atoms. The predicted molar refractivity (Wildman–Crippen MR) is 187 cm³/mol. The van der Waals surface area contributed by atoms with E-state index in [1.807, 2.05) is 24.4 Å². The minimum absolute atomic E-state index is 0.232. The summed E-state index contributed by atoms with van der Waals surface area (Å²) in [6.07, 6.45) is 26.7. The highest BCUT2D eigenvalue weighted by atomic mass is 14.7. The van der Waals surface area contributed by atoms with Crippen LogP contribution < -0.4 is 0 Å². The topological polar surface area (TPSA) is 12.9 Å². The van der Waals surface area contributed by atoms with E-state index in [-0.39, 0.29) is 5.92 Å². The maximum absolute atomic E-state index is 4.77. The smallest absolute Gasteiger partial charge is 0.0474 e. The quantitative estimate of drug-likeness (QED) is 0.207. The molecule has 1 nitrogen and oxygen atoms in total. The second-order valence-corrected chi connectivity index (χ2v) is 11.7. The van der Waals surface area contributed by atoms with Gasteiger partial charge in [0, 0.05) is 17.8 Å². The second kappa shape index (κ2) is 17.3. The summed E-state index contributed by atoms with van der Waals surface area (Å²) < 4.78 is 0. The highest BCUT2D eigenvalue weighted by molar-refractivity contribution is 5.55. The molecule has 3 unspecified atom stereocenters. The van der Waals surface area contributed by atoms with Gasteiger partial charge in [0.1, 0.15) is 0 Å². The van der Waals surface area contributed by atoms with E-state index >= 15 is 0 Å². The van der Waals surface area contributed by atoms with Crippen molar-refractivity contribution in [2.75, 3.05) is 0 Å². The van der Waals surface area contributed by atoms with Gasteiger partial charge in [-0.1, -0.05) is 103 Å². The van der Waals surface area contributed by atoms with Crippen LogP contribution in [0.15, 0.2) is 155 Å². The van der Waals surface area contributed by atoms with E-state index in [4.69, 9.17) is 11.6 Å². The van der Waals surface area contributed by atoms with Crippen molar-refractivity contribution >= 4 is 0 Å². The Morgan fingerprint density at radius 2 is 1.71 bits per heavy atom. The van der Waals surface area contributed by atoms with E-state index in [0.29, 0.717) is 11.8 Å². The van der Waals surface area contributed by atoms with Crippen LogP contribution in [0.4, 0.5) is 0 Å². The predicted octanol–water partition coefficient (Wildman–Crippen LogP) is 12.1. The van der Waals surface area contributed by atoms with Crippen LogP contribution in [-0.2, 0) is 0 Å². The number of hydrogen-bond donors (Lipinski definition) is 0. The fourth-order valence-electron chi connectivity index (χ4n) is 5.81.